The van der Waals surface area contributed by atoms with Crippen molar-refractivity contribution >= 4 is 16.9 Å². The molecule has 0 amide bonds. The quantitative estimate of drug-likeness (QED) is 0.847. The molecule has 1 N–H and O–H groups in total. The van der Waals surface area contributed by atoms with Crippen molar-refractivity contribution in [2.75, 3.05) is 0 Å². The molecule has 2 rings (SSSR count). The smallest absolute Gasteiger partial charge is 0.335 e. The van der Waals surface area contributed by atoms with E-state index in [1.54, 1.807) is 12.1 Å². The van der Waals surface area contributed by atoms with Gasteiger partial charge in [0.15, 0.2) is 5.67 Å². The lowest BCUT2D eigenvalue weighted by atomic mass is 10.1. The van der Waals surface area contributed by atoms with E-state index in [-0.39, 0.29) is 11.3 Å². The first-order valence-electron chi connectivity index (χ1n) is 4.84. The van der Waals surface area contributed by atoms with Gasteiger partial charge in [-0.05, 0) is 32.0 Å². The third-order valence-electron chi connectivity index (χ3n) is 2.35. The number of rotatable bonds is 2. The Balaban J connectivity index is 2.59. The molecule has 16 heavy (non-hydrogen) atoms. The normalized spacial score (nSPS) is 11.9. The van der Waals surface area contributed by atoms with Gasteiger partial charge in [-0.15, -0.1) is 0 Å². The van der Waals surface area contributed by atoms with Crippen molar-refractivity contribution in [2.45, 2.75) is 19.5 Å². The molecule has 1 aromatic carbocycles. The number of hydrogen-bond acceptors (Lipinski definition) is 2. The van der Waals surface area contributed by atoms with E-state index in [9.17, 15) is 9.18 Å². The van der Waals surface area contributed by atoms with Crippen LogP contribution < -0.4 is 0 Å². The summed E-state index contributed by atoms with van der Waals surface area (Å²) in [6.07, 6.45) is 0. The SMILES string of the molecule is CC(C)(F)c1cc2ccc(C(=O)O)cc2o1. The lowest BCUT2D eigenvalue weighted by Crippen LogP contribution is -2.06. The van der Waals surface area contributed by atoms with Crippen LogP contribution in [0.3, 0.4) is 0 Å². The second-order valence-electron chi connectivity index (χ2n) is 4.14. The topological polar surface area (TPSA) is 50.4 Å². The van der Waals surface area contributed by atoms with Gasteiger partial charge in [-0.2, -0.15) is 0 Å². The maximum absolute atomic E-state index is 13.6. The van der Waals surface area contributed by atoms with Crippen molar-refractivity contribution in [2.24, 2.45) is 0 Å². The Bertz CT molecular complexity index is 549. The second-order valence-corrected chi connectivity index (χ2v) is 4.14. The number of aromatic carboxylic acids is 1. The number of carbonyl (C=O) groups is 1. The summed E-state index contributed by atoms with van der Waals surface area (Å²) in [5.74, 6) is -0.829. The number of furan rings is 1. The highest BCUT2D eigenvalue weighted by Gasteiger charge is 2.23. The molecular formula is C12H11FO3. The van der Waals surface area contributed by atoms with Crippen LogP contribution in [0.15, 0.2) is 28.7 Å². The van der Waals surface area contributed by atoms with Crippen molar-refractivity contribution < 1.29 is 18.7 Å². The van der Waals surface area contributed by atoms with Crippen LogP contribution in [0.25, 0.3) is 11.0 Å². The molecule has 0 aliphatic rings. The molecule has 3 nitrogen and oxygen atoms in total. The largest absolute Gasteiger partial charge is 0.478 e. The second kappa shape index (κ2) is 3.33. The average Bonchev–Trinajstić information content (AvgIpc) is 2.58. The first-order chi connectivity index (χ1) is 7.38. The Hall–Kier alpha value is -1.84. The summed E-state index contributed by atoms with van der Waals surface area (Å²) < 4.78 is 18.9. The van der Waals surface area contributed by atoms with Crippen molar-refractivity contribution in [3.05, 3.63) is 35.6 Å². The van der Waals surface area contributed by atoms with E-state index in [0.717, 1.165) is 0 Å². The maximum atomic E-state index is 13.6. The number of benzene rings is 1. The Labute approximate surface area is 91.5 Å². The lowest BCUT2D eigenvalue weighted by molar-refractivity contribution is 0.0697. The van der Waals surface area contributed by atoms with E-state index in [2.05, 4.69) is 0 Å². The molecule has 0 spiro atoms. The Morgan fingerprint density at radius 2 is 2.06 bits per heavy atom. The van der Waals surface area contributed by atoms with Crippen molar-refractivity contribution in [3.63, 3.8) is 0 Å². The number of halogens is 1. The van der Waals surface area contributed by atoms with Crippen LogP contribution in [0.1, 0.15) is 30.0 Å². The van der Waals surface area contributed by atoms with Crippen LogP contribution in [0.5, 0.6) is 0 Å². The van der Waals surface area contributed by atoms with Crippen LogP contribution in [0.4, 0.5) is 4.39 Å². The predicted octanol–water partition coefficient (Wildman–Crippen LogP) is 3.34. The van der Waals surface area contributed by atoms with E-state index < -0.39 is 11.6 Å². The third-order valence-corrected chi connectivity index (χ3v) is 2.35. The molecule has 1 heterocycles. The van der Waals surface area contributed by atoms with Crippen molar-refractivity contribution in [1.29, 1.82) is 0 Å². The summed E-state index contributed by atoms with van der Waals surface area (Å²) in [4.78, 5) is 10.7. The minimum Gasteiger partial charge on any atom is -0.478 e. The number of fused-ring (bicyclic) bond motifs is 1. The van der Waals surface area contributed by atoms with Crippen molar-refractivity contribution in [3.8, 4) is 0 Å². The van der Waals surface area contributed by atoms with E-state index in [4.69, 9.17) is 9.52 Å². The highest BCUT2D eigenvalue weighted by molar-refractivity contribution is 5.92. The van der Waals surface area contributed by atoms with Gasteiger partial charge in [0, 0.05) is 5.39 Å². The summed E-state index contributed by atoms with van der Waals surface area (Å²) >= 11 is 0. The molecule has 84 valence electrons. The van der Waals surface area contributed by atoms with E-state index in [0.29, 0.717) is 11.0 Å². The number of carboxylic acids is 1. The zero-order valence-corrected chi connectivity index (χ0v) is 8.95. The summed E-state index contributed by atoms with van der Waals surface area (Å²) in [5.41, 5.74) is -1.05. The van der Waals surface area contributed by atoms with Gasteiger partial charge in [0.1, 0.15) is 11.3 Å². The van der Waals surface area contributed by atoms with Crippen LogP contribution >= 0.6 is 0 Å². The molecule has 0 fully saturated rings. The minimum absolute atomic E-state index is 0.130. The average molecular weight is 222 g/mol. The molecular weight excluding hydrogens is 211 g/mol. The number of carboxylic acid groups (broad SMARTS) is 1. The molecule has 0 saturated carbocycles. The van der Waals surface area contributed by atoms with Gasteiger partial charge < -0.3 is 9.52 Å². The van der Waals surface area contributed by atoms with Crippen LogP contribution in [0, 0.1) is 0 Å². The minimum atomic E-state index is -1.57. The van der Waals surface area contributed by atoms with E-state index in [1.165, 1.54) is 26.0 Å². The first-order valence-corrected chi connectivity index (χ1v) is 4.84. The standard InChI is InChI=1S/C12H11FO3/c1-12(2,13)10-6-7-3-4-8(11(14)15)5-9(7)16-10/h3-6H,1-2H3,(H,14,15). The van der Waals surface area contributed by atoms with Gasteiger partial charge in [0.2, 0.25) is 0 Å². The third kappa shape index (κ3) is 1.78. The Morgan fingerprint density at radius 1 is 1.38 bits per heavy atom. The fourth-order valence-electron chi connectivity index (χ4n) is 1.46. The molecule has 4 heteroatoms. The molecule has 0 aliphatic heterocycles. The molecule has 0 saturated heterocycles. The summed E-state index contributed by atoms with van der Waals surface area (Å²) in [6.45, 7) is 2.78. The van der Waals surface area contributed by atoms with Gasteiger partial charge in [-0.1, -0.05) is 6.07 Å². The molecule has 0 unspecified atom stereocenters. The Morgan fingerprint density at radius 3 is 2.62 bits per heavy atom. The lowest BCUT2D eigenvalue weighted by Gasteiger charge is -2.08. The number of hydrogen-bond donors (Lipinski definition) is 1. The molecule has 2 aromatic rings. The monoisotopic (exact) mass is 222 g/mol. The van der Waals surface area contributed by atoms with Gasteiger partial charge in [-0.3, -0.25) is 0 Å². The first kappa shape index (κ1) is 10.7. The predicted molar refractivity (Wildman–Crippen MR) is 57.3 cm³/mol. The van der Waals surface area contributed by atoms with Gasteiger partial charge in [-0.25, -0.2) is 9.18 Å². The fourth-order valence-corrected chi connectivity index (χ4v) is 1.46. The van der Waals surface area contributed by atoms with Gasteiger partial charge >= 0.3 is 5.97 Å². The fraction of sp³-hybridized carbons (Fsp3) is 0.250. The van der Waals surface area contributed by atoms with Crippen molar-refractivity contribution in [1.82, 2.24) is 0 Å². The highest BCUT2D eigenvalue weighted by Crippen LogP contribution is 2.30. The summed E-state index contributed by atoms with van der Waals surface area (Å²) in [6, 6.07) is 6.06. The maximum Gasteiger partial charge on any atom is 0.335 e. The van der Waals surface area contributed by atoms with E-state index in [1.807, 2.05) is 0 Å². The van der Waals surface area contributed by atoms with Gasteiger partial charge in [0.25, 0.3) is 0 Å². The van der Waals surface area contributed by atoms with Crippen LogP contribution in [-0.4, -0.2) is 11.1 Å². The zero-order valence-electron chi connectivity index (χ0n) is 8.95. The molecule has 0 aliphatic carbocycles. The number of alkyl halides is 1. The van der Waals surface area contributed by atoms with Gasteiger partial charge in [0.05, 0.1) is 5.56 Å². The van der Waals surface area contributed by atoms with E-state index >= 15 is 0 Å². The van der Waals surface area contributed by atoms with Crippen LogP contribution in [-0.2, 0) is 5.67 Å². The molecule has 0 radical (unpaired) electrons. The highest BCUT2D eigenvalue weighted by atomic mass is 19.1. The molecule has 0 atom stereocenters. The van der Waals surface area contributed by atoms with Crippen LogP contribution in [0.2, 0.25) is 0 Å². The Kier molecular flexibility index (Phi) is 2.22. The summed E-state index contributed by atoms with van der Waals surface area (Å²) in [5, 5.41) is 9.49. The molecule has 0 bridgehead atoms. The summed E-state index contributed by atoms with van der Waals surface area (Å²) in [7, 11) is 0. The zero-order chi connectivity index (χ0) is 11.9. The molecule has 1 aromatic heterocycles.